The highest BCUT2D eigenvalue weighted by molar-refractivity contribution is 5.99. The fourth-order valence-corrected chi connectivity index (χ4v) is 2.82. The van der Waals surface area contributed by atoms with Gasteiger partial charge in [-0.2, -0.15) is 0 Å². The molecule has 0 aliphatic rings. The molecule has 0 radical (unpaired) electrons. The van der Waals surface area contributed by atoms with Crippen molar-refractivity contribution in [3.63, 3.8) is 0 Å². The molecule has 23 heavy (non-hydrogen) atoms. The van der Waals surface area contributed by atoms with Gasteiger partial charge in [0.05, 0.1) is 6.61 Å². The summed E-state index contributed by atoms with van der Waals surface area (Å²) in [6.07, 6.45) is 12.8. The molecule has 0 rings (SSSR count). The van der Waals surface area contributed by atoms with Crippen LogP contribution in [0.5, 0.6) is 0 Å². The van der Waals surface area contributed by atoms with Crippen LogP contribution >= 0.6 is 0 Å². The summed E-state index contributed by atoms with van der Waals surface area (Å²) >= 11 is 0. The van der Waals surface area contributed by atoms with Gasteiger partial charge in [-0.25, -0.2) is 0 Å². The molecule has 0 saturated heterocycles. The Morgan fingerprint density at radius 1 is 0.783 bits per heavy atom. The fourth-order valence-electron chi connectivity index (χ4n) is 2.82. The van der Waals surface area contributed by atoms with E-state index in [1.807, 2.05) is 0 Å². The molecule has 0 bridgehead atoms. The molecule has 0 heterocycles. The van der Waals surface area contributed by atoms with E-state index in [4.69, 9.17) is 4.74 Å². The molecule has 0 atom stereocenters. The highest BCUT2D eigenvalue weighted by Crippen LogP contribution is 2.28. The van der Waals surface area contributed by atoms with Crippen molar-refractivity contribution < 1.29 is 19.4 Å². The van der Waals surface area contributed by atoms with Gasteiger partial charge in [0.2, 0.25) is 0 Å². The third-order valence-electron chi connectivity index (χ3n) is 4.74. The number of rotatable bonds is 15. The molecule has 0 unspecified atom stereocenters. The van der Waals surface area contributed by atoms with Gasteiger partial charge < -0.3 is 9.84 Å². The average Bonchev–Trinajstić information content (AvgIpc) is 2.54. The normalized spacial score (nSPS) is 11.4. The van der Waals surface area contributed by atoms with Crippen LogP contribution in [0.2, 0.25) is 0 Å². The van der Waals surface area contributed by atoms with Crippen molar-refractivity contribution in [3.05, 3.63) is 0 Å². The molecule has 0 aromatic heterocycles. The predicted molar refractivity (Wildman–Crippen MR) is 93.5 cm³/mol. The molecule has 1 N–H and O–H groups in total. The van der Waals surface area contributed by atoms with Crippen molar-refractivity contribution in [2.75, 3.05) is 6.61 Å². The second-order valence-electron chi connectivity index (χ2n) is 6.41. The summed E-state index contributed by atoms with van der Waals surface area (Å²) in [5, 5.41) is 9.27. The van der Waals surface area contributed by atoms with Gasteiger partial charge in [0.1, 0.15) is 0 Å². The second kappa shape index (κ2) is 13.4. The highest BCUT2D eigenvalue weighted by atomic mass is 16.5. The zero-order valence-corrected chi connectivity index (χ0v) is 15.4. The molecule has 0 saturated carbocycles. The van der Waals surface area contributed by atoms with Crippen LogP contribution in [0.25, 0.3) is 0 Å². The van der Waals surface area contributed by atoms with Gasteiger partial charge in [0, 0.05) is 0 Å². The third-order valence-corrected chi connectivity index (χ3v) is 4.74. The van der Waals surface area contributed by atoms with E-state index in [1.54, 1.807) is 13.8 Å². The SMILES string of the molecule is CCCCCCCCCCCCOC(=O)C(CC)(CC)C(=O)O. The number of aliphatic carboxylic acids is 1. The number of carboxylic acids is 1. The topological polar surface area (TPSA) is 63.6 Å². The summed E-state index contributed by atoms with van der Waals surface area (Å²) in [5.74, 6) is -1.65. The average molecular weight is 328 g/mol. The molecule has 0 aliphatic carbocycles. The third kappa shape index (κ3) is 8.38. The Bertz CT molecular complexity index is 321. The number of carbonyl (C=O) groups excluding carboxylic acids is 1. The van der Waals surface area contributed by atoms with Gasteiger partial charge in [-0.05, 0) is 19.3 Å². The standard InChI is InChI=1S/C19H36O4/c1-4-7-8-9-10-11-12-13-14-15-16-23-18(22)19(5-2,6-3)17(20)21/h4-16H2,1-3H3,(H,20,21). The van der Waals surface area contributed by atoms with E-state index < -0.39 is 17.4 Å². The first-order valence-corrected chi connectivity index (χ1v) is 9.45. The van der Waals surface area contributed by atoms with E-state index >= 15 is 0 Å². The summed E-state index contributed by atoms with van der Waals surface area (Å²) in [5.41, 5.74) is -1.36. The maximum absolute atomic E-state index is 12.0. The van der Waals surface area contributed by atoms with Gasteiger partial charge in [-0.15, -0.1) is 0 Å². The van der Waals surface area contributed by atoms with Gasteiger partial charge in [-0.1, -0.05) is 78.6 Å². The van der Waals surface area contributed by atoms with Crippen LogP contribution in [0.1, 0.15) is 97.8 Å². The lowest BCUT2D eigenvalue weighted by Gasteiger charge is -2.24. The lowest BCUT2D eigenvalue weighted by Crippen LogP contribution is -2.39. The number of esters is 1. The van der Waals surface area contributed by atoms with Crippen LogP contribution in [0.3, 0.4) is 0 Å². The monoisotopic (exact) mass is 328 g/mol. The number of hydrogen-bond acceptors (Lipinski definition) is 3. The summed E-state index contributed by atoms with van der Waals surface area (Å²) in [6.45, 7) is 6.01. The van der Waals surface area contributed by atoms with Crippen molar-refractivity contribution >= 4 is 11.9 Å². The zero-order valence-electron chi connectivity index (χ0n) is 15.4. The molecular formula is C19H36O4. The minimum absolute atomic E-state index is 0.274. The maximum atomic E-state index is 12.0. The van der Waals surface area contributed by atoms with Crippen LogP contribution in [-0.2, 0) is 14.3 Å². The first kappa shape index (κ1) is 21.9. The van der Waals surface area contributed by atoms with E-state index in [0.717, 1.165) is 19.3 Å². The molecule has 0 fully saturated rings. The Morgan fingerprint density at radius 2 is 1.22 bits per heavy atom. The number of carboxylic acid groups (broad SMARTS) is 1. The van der Waals surface area contributed by atoms with E-state index in [-0.39, 0.29) is 12.8 Å². The van der Waals surface area contributed by atoms with E-state index in [2.05, 4.69) is 6.92 Å². The Hall–Kier alpha value is -1.06. The predicted octanol–water partition coefficient (Wildman–Crippen LogP) is 5.34. The van der Waals surface area contributed by atoms with Crippen LogP contribution in [0.4, 0.5) is 0 Å². The molecule has 0 aromatic rings. The smallest absolute Gasteiger partial charge is 0.323 e. The molecule has 4 nitrogen and oxygen atoms in total. The summed E-state index contributed by atoms with van der Waals surface area (Å²) in [4.78, 5) is 23.4. The minimum atomic E-state index is -1.36. The Labute approximate surface area is 142 Å². The Kier molecular flexibility index (Phi) is 12.8. The minimum Gasteiger partial charge on any atom is -0.480 e. The second-order valence-corrected chi connectivity index (χ2v) is 6.41. The quantitative estimate of drug-likeness (QED) is 0.250. The molecule has 4 heteroatoms. The number of unbranched alkanes of at least 4 members (excludes halogenated alkanes) is 9. The van der Waals surface area contributed by atoms with Gasteiger partial charge in [0.15, 0.2) is 5.41 Å². The first-order valence-electron chi connectivity index (χ1n) is 9.45. The van der Waals surface area contributed by atoms with Gasteiger partial charge in [0.25, 0.3) is 0 Å². The molecule has 0 aliphatic heterocycles. The van der Waals surface area contributed by atoms with Crippen molar-refractivity contribution in [1.82, 2.24) is 0 Å². The number of ether oxygens (including phenoxy) is 1. The Balaban J connectivity index is 3.68. The molecule has 0 spiro atoms. The highest BCUT2D eigenvalue weighted by Gasteiger charge is 2.44. The molecular weight excluding hydrogens is 292 g/mol. The number of hydrogen-bond donors (Lipinski definition) is 1. The van der Waals surface area contributed by atoms with Gasteiger partial charge in [-0.3, -0.25) is 9.59 Å². The maximum Gasteiger partial charge on any atom is 0.323 e. The Morgan fingerprint density at radius 3 is 1.61 bits per heavy atom. The summed E-state index contributed by atoms with van der Waals surface area (Å²) < 4.78 is 5.20. The summed E-state index contributed by atoms with van der Waals surface area (Å²) in [6, 6.07) is 0. The first-order chi connectivity index (χ1) is 11.0. The van der Waals surface area contributed by atoms with Crippen molar-refractivity contribution in [1.29, 1.82) is 0 Å². The van der Waals surface area contributed by atoms with Crippen LogP contribution in [0, 0.1) is 5.41 Å². The van der Waals surface area contributed by atoms with Crippen LogP contribution in [-0.4, -0.2) is 23.7 Å². The van der Waals surface area contributed by atoms with E-state index in [0.29, 0.717) is 6.61 Å². The lowest BCUT2D eigenvalue weighted by molar-refractivity contribution is -0.169. The van der Waals surface area contributed by atoms with Crippen LogP contribution in [0.15, 0.2) is 0 Å². The fraction of sp³-hybridized carbons (Fsp3) is 0.895. The lowest BCUT2D eigenvalue weighted by atomic mass is 9.82. The molecule has 136 valence electrons. The van der Waals surface area contributed by atoms with Gasteiger partial charge >= 0.3 is 11.9 Å². The van der Waals surface area contributed by atoms with E-state index in [1.165, 1.54) is 44.9 Å². The summed E-state index contributed by atoms with van der Waals surface area (Å²) in [7, 11) is 0. The van der Waals surface area contributed by atoms with Crippen molar-refractivity contribution in [2.45, 2.75) is 97.8 Å². The largest absolute Gasteiger partial charge is 0.480 e. The van der Waals surface area contributed by atoms with Crippen molar-refractivity contribution in [2.24, 2.45) is 5.41 Å². The van der Waals surface area contributed by atoms with Crippen LogP contribution < -0.4 is 0 Å². The number of carbonyl (C=O) groups is 2. The van der Waals surface area contributed by atoms with Crippen molar-refractivity contribution in [3.8, 4) is 0 Å². The van der Waals surface area contributed by atoms with E-state index in [9.17, 15) is 14.7 Å². The molecule has 0 aromatic carbocycles. The molecule has 0 amide bonds. The zero-order chi connectivity index (χ0) is 17.6.